The highest BCUT2D eigenvalue weighted by atomic mass is 32.2. The van der Waals surface area contributed by atoms with Crippen LogP contribution in [0.25, 0.3) is 11.1 Å². The number of thioether (sulfide) groups is 1. The highest BCUT2D eigenvalue weighted by Gasteiger charge is 2.29. The average Bonchev–Trinajstić information content (AvgIpc) is 3.37. The van der Waals surface area contributed by atoms with Crippen molar-refractivity contribution < 1.29 is 14.7 Å². The molecule has 6 nitrogen and oxygen atoms in total. The Balaban J connectivity index is 1.54. The van der Waals surface area contributed by atoms with E-state index < -0.39 is 12.0 Å². The van der Waals surface area contributed by atoms with E-state index in [0.29, 0.717) is 23.8 Å². The topological polar surface area (TPSA) is 72.9 Å². The Morgan fingerprint density at radius 2 is 1.85 bits per heavy atom. The van der Waals surface area contributed by atoms with E-state index in [-0.39, 0.29) is 5.91 Å². The predicted molar refractivity (Wildman–Crippen MR) is 161 cm³/mol. The molecule has 0 aromatic heterocycles. The van der Waals surface area contributed by atoms with Crippen molar-refractivity contribution in [2.45, 2.75) is 83.0 Å². The number of nitrogens with one attached hydrogen (secondary N) is 1. The van der Waals surface area contributed by atoms with Crippen LogP contribution in [0.4, 0.5) is 0 Å². The highest BCUT2D eigenvalue weighted by molar-refractivity contribution is 7.98. The molecule has 39 heavy (non-hydrogen) atoms. The first-order valence-corrected chi connectivity index (χ1v) is 15.9. The van der Waals surface area contributed by atoms with Crippen LogP contribution in [0.5, 0.6) is 0 Å². The van der Waals surface area contributed by atoms with Gasteiger partial charge in [-0.15, -0.1) is 0 Å². The number of aliphatic carboxylic acids is 1. The average molecular weight is 552 g/mol. The van der Waals surface area contributed by atoms with Crippen molar-refractivity contribution in [3.63, 3.8) is 0 Å². The number of hydrogen-bond acceptors (Lipinski definition) is 5. The van der Waals surface area contributed by atoms with Gasteiger partial charge in [-0.05, 0) is 99.0 Å². The van der Waals surface area contributed by atoms with Gasteiger partial charge in [0.25, 0.3) is 5.91 Å². The van der Waals surface area contributed by atoms with E-state index >= 15 is 0 Å². The summed E-state index contributed by atoms with van der Waals surface area (Å²) in [6, 6.07) is 14.6. The molecule has 0 spiro atoms. The normalized spacial score (nSPS) is 19.3. The van der Waals surface area contributed by atoms with Crippen LogP contribution in [-0.4, -0.2) is 77.1 Å². The largest absolute Gasteiger partial charge is 0.480 e. The molecular formula is C32H45N3O3S. The maximum absolute atomic E-state index is 13.4. The summed E-state index contributed by atoms with van der Waals surface area (Å²) in [5, 5.41) is 12.4. The van der Waals surface area contributed by atoms with Gasteiger partial charge in [0, 0.05) is 30.7 Å². The van der Waals surface area contributed by atoms with E-state index in [0.717, 1.165) is 42.4 Å². The molecule has 0 radical (unpaired) electrons. The summed E-state index contributed by atoms with van der Waals surface area (Å²) in [4.78, 5) is 30.4. The summed E-state index contributed by atoms with van der Waals surface area (Å²) in [5.74, 6) is -0.653. The maximum Gasteiger partial charge on any atom is 0.326 e. The Morgan fingerprint density at radius 1 is 1.08 bits per heavy atom. The molecule has 2 aromatic rings. The SMILES string of the molecule is CSCC[C@H](NC(=O)c1ccc(CN2CCC[C@H]2CN(C)C2CCCCC2)cc1-c1ccccc1C)C(=O)O. The van der Waals surface area contributed by atoms with Gasteiger partial charge in [0.15, 0.2) is 0 Å². The van der Waals surface area contributed by atoms with Crippen molar-refractivity contribution in [3.05, 3.63) is 59.2 Å². The molecule has 2 atom stereocenters. The van der Waals surface area contributed by atoms with Crippen LogP contribution in [0.1, 0.15) is 72.9 Å². The zero-order chi connectivity index (χ0) is 27.8. The number of hydrogen-bond donors (Lipinski definition) is 2. The van der Waals surface area contributed by atoms with Gasteiger partial charge >= 0.3 is 5.97 Å². The van der Waals surface area contributed by atoms with Crippen LogP contribution in [0.3, 0.4) is 0 Å². The van der Waals surface area contributed by atoms with Gasteiger partial charge in [-0.1, -0.05) is 49.6 Å². The number of carboxylic acids is 1. The van der Waals surface area contributed by atoms with E-state index in [1.807, 2.05) is 30.5 Å². The molecule has 2 N–H and O–H groups in total. The number of aryl methyl sites for hydroxylation is 1. The summed E-state index contributed by atoms with van der Waals surface area (Å²) in [7, 11) is 2.31. The Morgan fingerprint density at radius 3 is 2.56 bits per heavy atom. The quantitative estimate of drug-likeness (QED) is 0.346. The van der Waals surface area contributed by atoms with Crippen LogP contribution in [0.15, 0.2) is 42.5 Å². The Hall–Kier alpha value is -2.35. The number of benzene rings is 2. The lowest BCUT2D eigenvalue weighted by atomic mass is 9.93. The third-order valence-corrected chi connectivity index (χ3v) is 9.20. The molecule has 2 fully saturated rings. The molecule has 2 aromatic carbocycles. The molecule has 1 aliphatic carbocycles. The number of carboxylic acid groups (broad SMARTS) is 1. The molecule has 1 saturated carbocycles. The van der Waals surface area contributed by atoms with Crippen LogP contribution >= 0.6 is 11.8 Å². The van der Waals surface area contributed by atoms with Crippen LogP contribution < -0.4 is 5.32 Å². The van der Waals surface area contributed by atoms with Gasteiger partial charge in [0.05, 0.1) is 0 Å². The molecule has 1 saturated heterocycles. The third-order valence-electron chi connectivity index (χ3n) is 8.56. The number of likely N-dealkylation sites (N-methyl/N-ethyl adjacent to an activating group) is 1. The lowest BCUT2D eigenvalue weighted by Crippen LogP contribution is -2.43. The molecule has 212 valence electrons. The number of nitrogens with zero attached hydrogens (tertiary/aromatic N) is 2. The molecule has 1 aliphatic heterocycles. The molecule has 1 heterocycles. The van der Waals surface area contributed by atoms with Crippen molar-refractivity contribution in [1.82, 2.24) is 15.1 Å². The van der Waals surface area contributed by atoms with Crippen molar-refractivity contribution >= 4 is 23.6 Å². The lowest BCUT2D eigenvalue weighted by Gasteiger charge is -2.35. The second-order valence-corrected chi connectivity index (χ2v) is 12.3. The van der Waals surface area contributed by atoms with Gasteiger partial charge < -0.3 is 15.3 Å². The highest BCUT2D eigenvalue weighted by Crippen LogP contribution is 2.30. The fourth-order valence-electron chi connectivity index (χ4n) is 6.26. The minimum absolute atomic E-state index is 0.332. The first-order valence-electron chi connectivity index (χ1n) is 14.5. The minimum Gasteiger partial charge on any atom is -0.480 e. The summed E-state index contributed by atoms with van der Waals surface area (Å²) in [6.07, 6.45) is 11.5. The zero-order valence-electron chi connectivity index (χ0n) is 23.8. The van der Waals surface area contributed by atoms with E-state index in [1.54, 1.807) is 11.8 Å². The molecule has 0 unspecified atom stereocenters. The molecule has 4 rings (SSSR count). The monoisotopic (exact) mass is 551 g/mol. The number of carbonyl (C=O) groups excluding carboxylic acids is 1. The standard InChI is InChI=1S/C32H45N3O3S/c1-23-10-7-8-14-27(23)29-20-24(15-16-28(29)31(36)33-30(32(37)38)17-19-39-3)21-35-18-9-13-26(35)22-34(2)25-11-5-4-6-12-25/h7-8,10,14-16,20,25-26,30H,4-6,9,11-13,17-19,21-22H2,1-3H3,(H,33,36)(H,37,38)/t26-,30-/m0/s1. The summed E-state index contributed by atoms with van der Waals surface area (Å²) in [5.41, 5.74) is 4.68. The Bertz CT molecular complexity index is 1120. The van der Waals surface area contributed by atoms with Gasteiger partial charge in [-0.3, -0.25) is 9.69 Å². The van der Waals surface area contributed by atoms with E-state index in [9.17, 15) is 14.7 Å². The summed E-state index contributed by atoms with van der Waals surface area (Å²) in [6.45, 7) is 5.12. The smallest absolute Gasteiger partial charge is 0.326 e. The number of likely N-dealkylation sites (tertiary alicyclic amines) is 1. The molecule has 2 aliphatic rings. The first kappa shape index (κ1) is 29.6. The summed E-state index contributed by atoms with van der Waals surface area (Å²) < 4.78 is 0. The number of carbonyl (C=O) groups is 2. The van der Waals surface area contributed by atoms with Crippen molar-refractivity contribution in [2.24, 2.45) is 0 Å². The lowest BCUT2D eigenvalue weighted by molar-refractivity contribution is -0.139. The van der Waals surface area contributed by atoms with Crippen LogP contribution in [-0.2, 0) is 11.3 Å². The predicted octanol–water partition coefficient (Wildman–Crippen LogP) is 5.83. The van der Waals surface area contributed by atoms with E-state index in [1.165, 1.54) is 50.5 Å². The molecule has 7 heteroatoms. The molecular weight excluding hydrogens is 506 g/mol. The van der Waals surface area contributed by atoms with Gasteiger partial charge in [0.1, 0.15) is 6.04 Å². The number of amides is 1. The van der Waals surface area contributed by atoms with Crippen molar-refractivity contribution in [1.29, 1.82) is 0 Å². The fourth-order valence-corrected chi connectivity index (χ4v) is 6.73. The molecule has 0 bridgehead atoms. The first-order chi connectivity index (χ1) is 18.9. The zero-order valence-corrected chi connectivity index (χ0v) is 24.6. The fraction of sp³-hybridized carbons (Fsp3) is 0.562. The van der Waals surface area contributed by atoms with Crippen LogP contribution in [0, 0.1) is 6.92 Å². The number of rotatable bonds is 12. The minimum atomic E-state index is -0.996. The Labute approximate surface area is 238 Å². The van der Waals surface area contributed by atoms with Crippen LogP contribution in [0.2, 0.25) is 0 Å². The van der Waals surface area contributed by atoms with E-state index in [4.69, 9.17) is 0 Å². The van der Waals surface area contributed by atoms with Crippen molar-refractivity contribution in [3.8, 4) is 11.1 Å². The second kappa shape index (κ2) is 14.3. The van der Waals surface area contributed by atoms with Crippen molar-refractivity contribution in [2.75, 3.05) is 32.1 Å². The summed E-state index contributed by atoms with van der Waals surface area (Å²) >= 11 is 1.58. The maximum atomic E-state index is 13.4. The second-order valence-electron chi connectivity index (χ2n) is 11.3. The third kappa shape index (κ3) is 7.86. The van der Waals surface area contributed by atoms with Gasteiger partial charge in [-0.2, -0.15) is 11.8 Å². The van der Waals surface area contributed by atoms with Gasteiger partial charge in [-0.25, -0.2) is 4.79 Å². The Kier molecular flexibility index (Phi) is 10.9. The molecule has 1 amide bonds. The van der Waals surface area contributed by atoms with E-state index in [2.05, 4.69) is 47.3 Å². The van der Waals surface area contributed by atoms with Gasteiger partial charge in [0.2, 0.25) is 0 Å².